The van der Waals surface area contributed by atoms with Gasteiger partial charge in [0.15, 0.2) is 5.96 Å². The van der Waals surface area contributed by atoms with Crippen molar-refractivity contribution in [1.29, 1.82) is 0 Å². The highest BCUT2D eigenvalue weighted by Gasteiger charge is 2.26. The van der Waals surface area contributed by atoms with Gasteiger partial charge in [0.2, 0.25) is 0 Å². The molecule has 1 aromatic carbocycles. The molecule has 2 N–H and O–H groups in total. The molecular formula is C21H35N5O3. The van der Waals surface area contributed by atoms with Crippen molar-refractivity contribution in [2.45, 2.75) is 32.9 Å². The average Bonchev–Trinajstić information content (AvgIpc) is 2.65. The second-order valence-electron chi connectivity index (χ2n) is 8.43. The third-order valence-electron chi connectivity index (χ3n) is 4.38. The van der Waals surface area contributed by atoms with E-state index in [-0.39, 0.29) is 6.09 Å². The van der Waals surface area contributed by atoms with E-state index in [1.165, 1.54) is 0 Å². The highest BCUT2D eigenvalue weighted by Crippen LogP contribution is 2.15. The molecule has 1 heterocycles. The second kappa shape index (κ2) is 10.3. The van der Waals surface area contributed by atoms with Crippen LogP contribution in [0.25, 0.3) is 0 Å². The lowest BCUT2D eigenvalue weighted by atomic mass is 10.2. The maximum Gasteiger partial charge on any atom is 0.410 e. The van der Waals surface area contributed by atoms with Crippen molar-refractivity contribution in [3.8, 4) is 5.75 Å². The summed E-state index contributed by atoms with van der Waals surface area (Å²) in [5.41, 5.74) is 6.73. The van der Waals surface area contributed by atoms with Crippen LogP contribution in [0.2, 0.25) is 0 Å². The van der Waals surface area contributed by atoms with Crippen LogP contribution in [-0.2, 0) is 11.3 Å². The van der Waals surface area contributed by atoms with Crippen LogP contribution in [0.5, 0.6) is 5.75 Å². The number of carbonyl (C=O) groups excluding carboxylic acids is 1. The van der Waals surface area contributed by atoms with Crippen LogP contribution in [0.3, 0.4) is 0 Å². The summed E-state index contributed by atoms with van der Waals surface area (Å²) in [6.45, 7) is 10.0. The molecule has 1 amide bonds. The van der Waals surface area contributed by atoms with Gasteiger partial charge in [0.1, 0.15) is 18.0 Å². The first-order valence-corrected chi connectivity index (χ1v) is 10.0. The van der Waals surface area contributed by atoms with Crippen molar-refractivity contribution in [2.75, 3.05) is 53.4 Å². The van der Waals surface area contributed by atoms with Gasteiger partial charge < -0.3 is 29.9 Å². The highest BCUT2D eigenvalue weighted by atomic mass is 16.6. The van der Waals surface area contributed by atoms with Gasteiger partial charge in [-0.1, -0.05) is 12.1 Å². The van der Waals surface area contributed by atoms with Crippen LogP contribution >= 0.6 is 0 Å². The Morgan fingerprint density at radius 2 is 1.83 bits per heavy atom. The first-order chi connectivity index (χ1) is 13.6. The van der Waals surface area contributed by atoms with E-state index in [9.17, 15) is 4.79 Å². The first-order valence-electron chi connectivity index (χ1n) is 10.0. The molecule has 1 aromatic rings. The topological polar surface area (TPSA) is 83.6 Å². The van der Waals surface area contributed by atoms with Crippen LogP contribution < -0.4 is 10.5 Å². The van der Waals surface area contributed by atoms with E-state index in [1.807, 2.05) is 64.0 Å². The molecule has 0 bridgehead atoms. The predicted octanol–water partition coefficient (Wildman–Crippen LogP) is 1.99. The number of hydrogen-bond donors (Lipinski definition) is 1. The van der Waals surface area contributed by atoms with E-state index < -0.39 is 5.60 Å². The van der Waals surface area contributed by atoms with Crippen molar-refractivity contribution in [1.82, 2.24) is 14.7 Å². The average molecular weight is 406 g/mol. The number of nitrogens with zero attached hydrogens (tertiary/aromatic N) is 4. The normalized spacial score (nSPS) is 15.6. The molecule has 2 rings (SSSR count). The van der Waals surface area contributed by atoms with Crippen LogP contribution in [0, 0.1) is 0 Å². The molecule has 1 aliphatic rings. The number of amides is 1. The van der Waals surface area contributed by atoms with Crippen LogP contribution in [0.15, 0.2) is 29.3 Å². The Hall–Kier alpha value is -2.48. The number of rotatable bonds is 6. The van der Waals surface area contributed by atoms with E-state index in [1.54, 1.807) is 4.90 Å². The number of aliphatic imine (C=N–C) groups is 1. The van der Waals surface area contributed by atoms with Gasteiger partial charge in [-0.15, -0.1) is 0 Å². The highest BCUT2D eigenvalue weighted by molar-refractivity contribution is 5.78. The summed E-state index contributed by atoms with van der Waals surface area (Å²) >= 11 is 0. The van der Waals surface area contributed by atoms with E-state index in [0.29, 0.717) is 45.3 Å². The summed E-state index contributed by atoms with van der Waals surface area (Å²) < 4.78 is 11.2. The van der Waals surface area contributed by atoms with Gasteiger partial charge in [-0.3, -0.25) is 0 Å². The van der Waals surface area contributed by atoms with Crippen LogP contribution in [0.1, 0.15) is 26.3 Å². The van der Waals surface area contributed by atoms with Gasteiger partial charge in [-0.05, 0) is 52.6 Å². The van der Waals surface area contributed by atoms with E-state index in [2.05, 4.69) is 9.89 Å². The second-order valence-corrected chi connectivity index (χ2v) is 8.43. The van der Waals surface area contributed by atoms with Gasteiger partial charge in [-0.2, -0.15) is 0 Å². The largest absolute Gasteiger partial charge is 0.492 e. The quantitative estimate of drug-likeness (QED) is 0.576. The number of benzene rings is 1. The van der Waals surface area contributed by atoms with E-state index in [0.717, 1.165) is 17.9 Å². The Balaban J connectivity index is 1.82. The zero-order valence-electron chi connectivity index (χ0n) is 18.4. The molecule has 0 atom stereocenters. The maximum absolute atomic E-state index is 12.2. The Morgan fingerprint density at radius 3 is 2.45 bits per heavy atom. The predicted molar refractivity (Wildman–Crippen MR) is 115 cm³/mol. The fourth-order valence-electron chi connectivity index (χ4n) is 2.80. The molecule has 0 aromatic heterocycles. The summed E-state index contributed by atoms with van der Waals surface area (Å²) in [7, 11) is 4.04. The zero-order chi connectivity index (χ0) is 21.4. The smallest absolute Gasteiger partial charge is 0.410 e. The Labute approximate surface area is 174 Å². The number of ether oxygens (including phenoxy) is 2. The summed E-state index contributed by atoms with van der Waals surface area (Å²) in [5.74, 6) is 1.33. The summed E-state index contributed by atoms with van der Waals surface area (Å²) in [5, 5.41) is 0. The maximum atomic E-state index is 12.2. The lowest BCUT2D eigenvalue weighted by Gasteiger charge is -2.36. The fraction of sp³-hybridized carbons (Fsp3) is 0.619. The van der Waals surface area contributed by atoms with Crippen molar-refractivity contribution < 1.29 is 14.3 Å². The minimum absolute atomic E-state index is 0.279. The minimum atomic E-state index is -0.487. The zero-order valence-corrected chi connectivity index (χ0v) is 18.4. The number of likely N-dealkylation sites (N-methyl/N-ethyl adjacent to an activating group) is 1. The third kappa shape index (κ3) is 8.19. The van der Waals surface area contributed by atoms with Gasteiger partial charge in [0, 0.05) is 32.7 Å². The molecular weight excluding hydrogens is 370 g/mol. The summed E-state index contributed by atoms with van der Waals surface area (Å²) in [6, 6.07) is 7.91. The van der Waals surface area contributed by atoms with Crippen molar-refractivity contribution in [3.05, 3.63) is 29.8 Å². The lowest BCUT2D eigenvalue weighted by molar-refractivity contribution is 0.0186. The fourth-order valence-corrected chi connectivity index (χ4v) is 2.80. The molecule has 0 saturated carbocycles. The van der Waals surface area contributed by atoms with Gasteiger partial charge in [-0.25, -0.2) is 9.79 Å². The molecule has 1 saturated heterocycles. The third-order valence-corrected chi connectivity index (χ3v) is 4.38. The van der Waals surface area contributed by atoms with Gasteiger partial charge in [0.05, 0.1) is 6.54 Å². The first kappa shape index (κ1) is 22.8. The molecule has 162 valence electrons. The molecule has 29 heavy (non-hydrogen) atoms. The number of piperazine rings is 1. The number of guanidine groups is 1. The monoisotopic (exact) mass is 405 g/mol. The van der Waals surface area contributed by atoms with Gasteiger partial charge >= 0.3 is 6.09 Å². The Kier molecular flexibility index (Phi) is 8.13. The molecule has 0 aliphatic carbocycles. The molecule has 1 aliphatic heterocycles. The molecule has 8 heteroatoms. The SMILES string of the molecule is CN(C)CCOc1cccc(CN=C(N)N2CCN(C(=O)OC(C)(C)C)CC2)c1. The number of carbonyl (C=O) groups is 1. The van der Waals surface area contributed by atoms with Crippen LogP contribution in [-0.4, -0.2) is 85.8 Å². The van der Waals surface area contributed by atoms with E-state index >= 15 is 0 Å². The van der Waals surface area contributed by atoms with Crippen molar-refractivity contribution >= 4 is 12.1 Å². The van der Waals surface area contributed by atoms with Gasteiger partial charge in [0.25, 0.3) is 0 Å². The minimum Gasteiger partial charge on any atom is -0.492 e. The lowest BCUT2D eigenvalue weighted by Crippen LogP contribution is -2.53. The Morgan fingerprint density at radius 1 is 1.17 bits per heavy atom. The number of hydrogen-bond acceptors (Lipinski definition) is 5. The van der Waals surface area contributed by atoms with Crippen molar-refractivity contribution in [2.24, 2.45) is 10.7 Å². The summed E-state index contributed by atoms with van der Waals surface area (Å²) in [4.78, 5) is 22.5. The number of nitrogens with two attached hydrogens (primary N) is 1. The Bertz CT molecular complexity index is 692. The molecule has 0 spiro atoms. The molecule has 8 nitrogen and oxygen atoms in total. The molecule has 0 unspecified atom stereocenters. The summed E-state index contributed by atoms with van der Waals surface area (Å²) in [6.07, 6.45) is -0.279. The van der Waals surface area contributed by atoms with Crippen molar-refractivity contribution in [3.63, 3.8) is 0 Å². The van der Waals surface area contributed by atoms with Crippen LogP contribution in [0.4, 0.5) is 4.79 Å². The molecule has 0 radical (unpaired) electrons. The molecule has 1 fully saturated rings. The van der Waals surface area contributed by atoms with E-state index in [4.69, 9.17) is 15.2 Å². The standard InChI is InChI=1S/C21H35N5O3/c1-21(2,3)29-20(27)26-11-9-25(10-12-26)19(22)23-16-17-7-6-8-18(15-17)28-14-13-24(4)5/h6-8,15H,9-14,16H2,1-5H3,(H2,22,23).